The lowest BCUT2D eigenvalue weighted by Gasteiger charge is -2.20. The highest BCUT2D eigenvalue weighted by Crippen LogP contribution is 2.30. The molecule has 0 aliphatic carbocycles. The third-order valence-corrected chi connectivity index (χ3v) is 4.60. The number of benzene rings is 1. The van der Waals surface area contributed by atoms with Crippen molar-refractivity contribution >= 4 is 39.5 Å². The highest BCUT2D eigenvalue weighted by Gasteiger charge is 2.41. The van der Waals surface area contributed by atoms with E-state index in [2.05, 4.69) is 26.6 Å². The molecule has 1 heterocycles. The van der Waals surface area contributed by atoms with E-state index in [4.69, 9.17) is 0 Å². The van der Waals surface area contributed by atoms with Gasteiger partial charge in [0.05, 0.1) is 5.41 Å². The molecule has 7 nitrogen and oxygen atoms in total. The van der Waals surface area contributed by atoms with Crippen molar-refractivity contribution in [1.29, 1.82) is 0 Å². The van der Waals surface area contributed by atoms with Crippen LogP contribution in [-0.2, 0) is 9.59 Å². The molecule has 130 valence electrons. The Morgan fingerprint density at radius 1 is 1.29 bits per heavy atom. The summed E-state index contributed by atoms with van der Waals surface area (Å²) in [6.07, 6.45) is 0.592. The number of amides is 3. The number of halogens is 1. The third kappa shape index (κ3) is 4.70. The topological polar surface area (TPSA) is 98.7 Å². The Morgan fingerprint density at radius 2 is 1.96 bits per heavy atom. The number of nitrogens with one attached hydrogen (secondary N) is 2. The van der Waals surface area contributed by atoms with Crippen molar-refractivity contribution in [2.45, 2.75) is 19.8 Å². The number of carbonyl (C=O) groups excluding carboxylic acids is 2. The maximum atomic E-state index is 12.1. The number of aliphatic carboxylic acids is 1. The monoisotopic (exact) mass is 397 g/mol. The smallest absolute Gasteiger partial charge is 0.319 e. The molecule has 2 rings (SSSR count). The number of carbonyl (C=O) groups is 3. The summed E-state index contributed by atoms with van der Waals surface area (Å²) >= 11 is 3.31. The van der Waals surface area contributed by atoms with Gasteiger partial charge in [-0.15, -0.1) is 0 Å². The molecule has 1 atom stereocenters. The van der Waals surface area contributed by atoms with Gasteiger partial charge in [-0.2, -0.15) is 0 Å². The molecule has 0 radical (unpaired) electrons. The van der Waals surface area contributed by atoms with Gasteiger partial charge < -0.3 is 20.6 Å². The molecule has 0 bridgehead atoms. The van der Waals surface area contributed by atoms with Crippen LogP contribution in [0.3, 0.4) is 0 Å². The minimum Gasteiger partial charge on any atom is -0.481 e. The summed E-state index contributed by atoms with van der Waals surface area (Å²) in [5.74, 6) is -1.03. The SMILES string of the molecule is CC1(C(=O)O)CCN(C(=O)CCNC(=O)Nc2ccc(Br)cc2)C1. The lowest BCUT2D eigenvalue weighted by Crippen LogP contribution is -2.37. The predicted octanol–water partition coefficient (Wildman–Crippen LogP) is 2.28. The van der Waals surface area contributed by atoms with Crippen LogP contribution < -0.4 is 10.6 Å². The first kappa shape index (κ1) is 18.3. The van der Waals surface area contributed by atoms with Crippen LogP contribution in [0.5, 0.6) is 0 Å². The lowest BCUT2D eigenvalue weighted by molar-refractivity contribution is -0.147. The zero-order chi connectivity index (χ0) is 17.7. The van der Waals surface area contributed by atoms with Gasteiger partial charge in [-0.25, -0.2) is 4.79 Å². The molecule has 0 spiro atoms. The third-order valence-electron chi connectivity index (χ3n) is 4.07. The summed E-state index contributed by atoms with van der Waals surface area (Å²) in [7, 11) is 0. The highest BCUT2D eigenvalue weighted by molar-refractivity contribution is 9.10. The standard InChI is InChI=1S/C16H20BrN3O4/c1-16(14(22)23)7-9-20(10-16)13(21)6-8-18-15(24)19-12-4-2-11(17)3-5-12/h2-5H,6-10H2,1H3,(H,22,23)(H2,18,19,24). The zero-order valence-electron chi connectivity index (χ0n) is 13.3. The molecule has 1 unspecified atom stereocenters. The van der Waals surface area contributed by atoms with Crippen LogP contribution in [0.25, 0.3) is 0 Å². The van der Waals surface area contributed by atoms with E-state index >= 15 is 0 Å². The van der Waals surface area contributed by atoms with Crippen LogP contribution in [0.15, 0.2) is 28.7 Å². The van der Waals surface area contributed by atoms with Crippen molar-refractivity contribution < 1.29 is 19.5 Å². The largest absolute Gasteiger partial charge is 0.481 e. The summed E-state index contributed by atoms with van der Waals surface area (Å²) in [6.45, 7) is 2.49. The average Bonchev–Trinajstić information content (AvgIpc) is 2.93. The van der Waals surface area contributed by atoms with Crippen molar-refractivity contribution in [3.63, 3.8) is 0 Å². The number of hydrogen-bond acceptors (Lipinski definition) is 3. The van der Waals surface area contributed by atoms with Gasteiger partial charge in [0, 0.05) is 36.2 Å². The molecule has 3 amide bonds. The molecule has 1 aliphatic rings. The predicted molar refractivity (Wildman–Crippen MR) is 92.7 cm³/mol. The van der Waals surface area contributed by atoms with Crippen molar-refractivity contribution in [3.8, 4) is 0 Å². The van der Waals surface area contributed by atoms with E-state index in [1.807, 2.05) is 12.1 Å². The molecule has 8 heteroatoms. The van der Waals surface area contributed by atoms with Gasteiger partial charge in [-0.3, -0.25) is 9.59 Å². The quantitative estimate of drug-likeness (QED) is 0.709. The summed E-state index contributed by atoms with van der Waals surface area (Å²) in [5.41, 5.74) is -0.221. The zero-order valence-corrected chi connectivity index (χ0v) is 14.9. The number of carboxylic acids is 1. The van der Waals surface area contributed by atoms with Crippen LogP contribution in [0, 0.1) is 5.41 Å². The first-order valence-electron chi connectivity index (χ1n) is 7.62. The molecule has 1 aromatic rings. The first-order chi connectivity index (χ1) is 11.3. The first-order valence-corrected chi connectivity index (χ1v) is 8.41. The van der Waals surface area contributed by atoms with E-state index in [0.717, 1.165) is 4.47 Å². The molecule has 0 aromatic heterocycles. The van der Waals surface area contributed by atoms with Gasteiger partial charge in [0.1, 0.15) is 0 Å². The molecule has 1 fully saturated rings. The highest BCUT2D eigenvalue weighted by atomic mass is 79.9. The summed E-state index contributed by atoms with van der Waals surface area (Å²) in [5, 5.41) is 14.5. The maximum Gasteiger partial charge on any atom is 0.319 e. The van der Waals surface area contributed by atoms with E-state index in [1.54, 1.807) is 24.0 Å². The van der Waals surface area contributed by atoms with E-state index in [9.17, 15) is 19.5 Å². The van der Waals surface area contributed by atoms with Crippen molar-refractivity contribution in [2.24, 2.45) is 5.41 Å². The fraction of sp³-hybridized carbons (Fsp3) is 0.438. The number of nitrogens with zero attached hydrogens (tertiary/aromatic N) is 1. The Hall–Kier alpha value is -2.09. The van der Waals surface area contributed by atoms with Crippen LogP contribution in [-0.4, -0.2) is 47.5 Å². The van der Waals surface area contributed by atoms with Crippen LogP contribution in [0.2, 0.25) is 0 Å². The van der Waals surface area contributed by atoms with Gasteiger partial charge in [-0.1, -0.05) is 15.9 Å². The van der Waals surface area contributed by atoms with Crippen LogP contribution in [0.1, 0.15) is 19.8 Å². The van der Waals surface area contributed by atoms with Crippen molar-refractivity contribution in [3.05, 3.63) is 28.7 Å². The van der Waals surface area contributed by atoms with Gasteiger partial charge >= 0.3 is 12.0 Å². The van der Waals surface area contributed by atoms with Crippen molar-refractivity contribution in [1.82, 2.24) is 10.2 Å². The Balaban J connectivity index is 1.72. The molecule has 1 aliphatic heterocycles. The van der Waals surface area contributed by atoms with E-state index in [1.165, 1.54) is 0 Å². The number of likely N-dealkylation sites (tertiary alicyclic amines) is 1. The summed E-state index contributed by atoms with van der Waals surface area (Å²) in [4.78, 5) is 36.6. The molecule has 0 saturated carbocycles. The number of carboxylic acid groups (broad SMARTS) is 1. The van der Waals surface area contributed by atoms with E-state index < -0.39 is 11.4 Å². The normalized spacial score (nSPS) is 19.8. The second-order valence-electron chi connectivity index (χ2n) is 6.07. The Bertz CT molecular complexity index is 635. The van der Waals surface area contributed by atoms with Gasteiger partial charge in [0.15, 0.2) is 0 Å². The Morgan fingerprint density at radius 3 is 2.54 bits per heavy atom. The molecule has 1 aromatic carbocycles. The fourth-order valence-electron chi connectivity index (χ4n) is 2.50. The van der Waals surface area contributed by atoms with Gasteiger partial charge in [0.25, 0.3) is 0 Å². The van der Waals surface area contributed by atoms with Crippen LogP contribution in [0.4, 0.5) is 10.5 Å². The number of rotatable bonds is 5. The molecule has 1 saturated heterocycles. The minimum atomic E-state index is -0.884. The van der Waals surface area contributed by atoms with Crippen molar-refractivity contribution in [2.75, 3.05) is 25.0 Å². The Labute approximate surface area is 148 Å². The average molecular weight is 398 g/mol. The van der Waals surface area contributed by atoms with Gasteiger partial charge in [0.2, 0.25) is 5.91 Å². The molecule has 24 heavy (non-hydrogen) atoms. The molecule has 3 N–H and O–H groups in total. The second kappa shape index (κ2) is 7.65. The van der Waals surface area contributed by atoms with E-state index in [0.29, 0.717) is 18.7 Å². The summed E-state index contributed by atoms with van der Waals surface area (Å²) in [6, 6.07) is 6.75. The number of anilines is 1. The van der Waals surface area contributed by atoms with Crippen LogP contribution >= 0.6 is 15.9 Å². The number of hydrogen-bond donors (Lipinski definition) is 3. The number of urea groups is 1. The fourth-order valence-corrected chi connectivity index (χ4v) is 2.76. The minimum absolute atomic E-state index is 0.142. The molecular weight excluding hydrogens is 378 g/mol. The van der Waals surface area contributed by atoms with Gasteiger partial charge in [-0.05, 0) is 37.6 Å². The van der Waals surface area contributed by atoms with E-state index in [-0.39, 0.29) is 31.4 Å². The second-order valence-corrected chi connectivity index (χ2v) is 6.98. The maximum absolute atomic E-state index is 12.1. The Kier molecular flexibility index (Phi) is 5.82. The molecular formula is C16H20BrN3O4. The lowest BCUT2D eigenvalue weighted by atomic mass is 9.90. The summed E-state index contributed by atoms with van der Waals surface area (Å²) < 4.78 is 0.915.